The lowest BCUT2D eigenvalue weighted by molar-refractivity contribution is 0.112. The first-order valence-electron chi connectivity index (χ1n) is 4.94. The summed E-state index contributed by atoms with van der Waals surface area (Å²) in [6, 6.07) is 7.19. The minimum atomic E-state index is 0.0805. The van der Waals surface area contributed by atoms with E-state index < -0.39 is 0 Å². The van der Waals surface area contributed by atoms with E-state index in [0.29, 0.717) is 5.56 Å². The van der Waals surface area contributed by atoms with Crippen molar-refractivity contribution in [2.45, 2.75) is 12.5 Å². The zero-order valence-corrected chi connectivity index (χ0v) is 8.30. The summed E-state index contributed by atoms with van der Waals surface area (Å²) in [5, 5.41) is 0. The van der Waals surface area contributed by atoms with Crippen molar-refractivity contribution in [1.82, 2.24) is 0 Å². The molecule has 0 spiro atoms. The van der Waals surface area contributed by atoms with Gasteiger partial charge < -0.3 is 4.74 Å². The Hall–Kier alpha value is -1.83. The number of carbonyl (C=O) groups excluding carboxylic acids is 1. The van der Waals surface area contributed by atoms with E-state index in [1.54, 1.807) is 12.1 Å². The quantitative estimate of drug-likeness (QED) is 0.701. The van der Waals surface area contributed by atoms with Crippen molar-refractivity contribution < 1.29 is 9.53 Å². The fraction of sp³-hybridized carbons (Fsp3) is 0.154. The Morgan fingerprint density at radius 3 is 3.00 bits per heavy atom. The first-order valence-corrected chi connectivity index (χ1v) is 4.94. The lowest BCUT2D eigenvalue weighted by Crippen LogP contribution is -2.13. The van der Waals surface area contributed by atoms with E-state index in [0.717, 1.165) is 18.5 Å². The van der Waals surface area contributed by atoms with Gasteiger partial charge in [-0.05, 0) is 18.2 Å². The van der Waals surface area contributed by atoms with Crippen LogP contribution in [0.1, 0.15) is 16.8 Å². The number of carbonyl (C=O) groups is 1. The second kappa shape index (κ2) is 4.60. The van der Waals surface area contributed by atoms with Gasteiger partial charge in [0.15, 0.2) is 0 Å². The third-order valence-electron chi connectivity index (χ3n) is 2.22. The predicted octanol–water partition coefficient (Wildman–Crippen LogP) is 2.76. The molecule has 1 aliphatic carbocycles. The minimum absolute atomic E-state index is 0.0805. The molecule has 0 saturated carbocycles. The standard InChI is InChI=1S/C13H12O2/c14-10-11-5-4-8-13(9-11)15-12-6-2-1-3-7-12/h1-6,8-10,12H,7H2. The van der Waals surface area contributed by atoms with Crippen molar-refractivity contribution in [3.05, 3.63) is 54.1 Å². The molecule has 0 radical (unpaired) electrons. The fourth-order valence-corrected chi connectivity index (χ4v) is 1.48. The van der Waals surface area contributed by atoms with Crippen molar-refractivity contribution in [1.29, 1.82) is 0 Å². The van der Waals surface area contributed by atoms with E-state index >= 15 is 0 Å². The van der Waals surface area contributed by atoms with Gasteiger partial charge in [0.2, 0.25) is 0 Å². The second-order valence-electron chi connectivity index (χ2n) is 3.40. The summed E-state index contributed by atoms with van der Waals surface area (Å²) in [5.74, 6) is 0.740. The van der Waals surface area contributed by atoms with Gasteiger partial charge in [-0.2, -0.15) is 0 Å². The van der Waals surface area contributed by atoms with Gasteiger partial charge in [0.05, 0.1) is 0 Å². The van der Waals surface area contributed by atoms with Crippen LogP contribution in [-0.4, -0.2) is 12.4 Å². The molecule has 0 amide bonds. The predicted molar refractivity (Wildman–Crippen MR) is 59.1 cm³/mol. The third-order valence-corrected chi connectivity index (χ3v) is 2.22. The fourth-order valence-electron chi connectivity index (χ4n) is 1.48. The van der Waals surface area contributed by atoms with Crippen LogP contribution in [0.2, 0.25) is 0 Å². The SMILES string of the molecule is O=Cc1cccc(OC2C=CC=CC2)c1. The van der Waals surface area contributed by atoms with Crippen molar-refractivity contribution in [3.63, 3.8) is 0 Å². The number of allylic oxidation sites excluding steroid dienone is 2. The van der Waals surface area contributed by atoms with Crippen LogP contribution < -0.4 is 4.74 Å². The van der Waals surface area contributed by atoms with Crippen molar-refractivity contribution in [3.8, 4) is 5.75 Å². The molecule has 1 atom stereocenters. The molecular formula is C13H12O2. The molecule has 15 heavy (non-hydrogen) atoms. The maximum atomic E-state index is 10.6. The van der Waals surface area contributed by atoms with E-state index in [9.17, 15) is 4.79 Å². The van der Waals surface area contributed by atoms with Gasteiger partial charge in [0.25, 0.3) is 0 Å². The van der Waals surface area contributed by atoms with E-state index in [1.807, 2.05) is 30.4 Å². The normalized spacial score (nSPS) is 18.8. The topological polar surface area (TPSA) is 26.3 Å². The molecule has 1 aromatic rings. The molecule has 0 saturated heterocycles. The molecule has 0 bridgehead atoms. The highest BCUT2D eigenvalue weighted by atomic mass is 16.5. The molecule has 0 heterocycles. The second-order valence-corrected chi connectivity index (χ2v) is 3.40. The highest BCUT2D eigenvalue weighted by Crippen LogP contribution is 2.17. The van der Waals surface area contributed by atoms with Crippen molar-refractivity contribution >= 4 is 6.29 Å². The van der Waals surface area contributed by atoms with Gasteiger partial charge in [0.1, 0.15) is 18.1 Å². The van der Waals surface area contributed by atoms with E-state index in [1.165, 1.54) is 0 Å². The molecule has 2 heteroatoms. The van der Waals surface area contributed by atoms with Crippen LogP contribution in [0.3, 0.4) is 0 Å². The van der Waals surface area contributed by atoms with Gasteiger partial charge in [0, 0.05) is 12.0 Å². The van der Waals surface area contributed by atoms with Crippen LogP contribution in [0.5, 0.6) is 5.75 Å². The maximum Gasteiger partial charge on any atom is 0.150 e. The molecule has 0 fully saturated rings. The Labute approximate surface area is 88.9 Å². The first-order chi connectivity index (χ1) is 7.38. The lowest BCUT2D eigenvalue weighted by Gasteiger charge is -2.15. The average Bonchev–Trinajstić information content (AvgIpc) is 2.31. The average molecular weight is 200 g/mol. The number of benzene rings is 1. The molecule has 76 valence electrons. The molecule has 1 unspecified atom stereocenters. The van der Waals surface area contributed by atoms with Crippen LogP contribution in [-0.2, 0) is 0 Å². The monoisotopic (exact) mass is 200 g/mol. The summed E-state index contributed by atoms with van der Waals surface area (Å²) in [4.78, 5) is 10.6. The summed E-state index contributed by atoms with van der Waals surface area (Å²) >= 11 is 0. The Morgan fingerprint density at radius 1 is 1.33 bits per heavy atom. The molecule has 1 aliphatic rings. The zero-order valence-electron chi connectivity index (χ0n) is 8.30. The summed E-state index contributed by atoms with van der Waals surface area (Å²) in [6.07, 6.45) is 9.82. The number of rotatable bonds is 3. The number of ether oxygens (including phenoxy) is 1. The summed E-state index contributed by atoms with van der Waals surface area (Å²) < 4.78 is 5.70. The number of aldehydes is 1. The Morgan fingerprint density at radius 2 is 2.27 bits per heavy atom. The first kappa shape index (κ1) is 9.71. The smallest absolute Gasteiger partial charge is 0.150 e. The maximum absolute atomic E-state index is 10.6. The Kier molecular flexibility index (Phi) is 2.98. The Bertz CT molecular complexity index is 405. The zero-order chi connectivity index (χ0) is 10.5. The van der Waals surface area contributed by atoms with Gasteiger partial charge in [-0.3, -0.25) is 4.79 Å². The largest absolute Gasteiger partial charge is 0.486 e. The summed E-state index contributed by atoms with van der Waals surface area (Å²) in [6.45, 7) is 0. The van der Waals surface area contributed by atoms with Gasteiger partial charge >= 0.3 is 0 Å². The molecule has 0 aliphatic heterocycles. The molecule has 0 aromatic heterocycles. The summed E-state index contributed by atoms with van der Waals surface area (Å²) in [5.41, 5.74) is 0.642. The number of hydrogen-bond donors (Lipinski definition) is 0. The molecule has 2 nitrogen and oxygen atoms in total. The summed E-state index contributed by atoms with van der Waals surface area (Å²) in [7, 11) is 0. The molecule has 0 N–H and O–H groups in total. The lowest BCUT2D eigenvalue weighted by atomic mass is 10.1. The van der Waals surface area contributed by atoms with Crippen molar-refractivity contribution in [2.24, 2.45) is 0 Å². The third kappa shape index (κ3) is 2.56. The van der Waals surface area contributed by atoms with Crippen LogP contribution >= 0.6 is 0 Å². The van der Waals surface area contributed by atoms with Crippen LogP contribution in [0.15, 0.2) is 48.6 Å². The Balaban J connectivity index is 2.06. The molecule has 2 rings (SSSR count). The van der Waals surface area contributed by atoms with Crippen LogP contribution in [0.4, 0.5) is 0 Å². The highest BCUT2D eigenvalue weighted by molar-refractivity contribution is 5.75. The van der Waals surface area contributed by atoms with E-state index in [4.69, 9.17) is 4.74 Å². The highest BCUT2D eigenvalue weighted by Gasteiger charge is 2.06. The minimum Gasteiger partial charge on any atom is -0.486 e. The van der Waals surface area contributed by atoms with Gasteiger partial charge in [-0.25, -0.2) is 0 Å². The van der Waals surface area contributed by atoms with Gasteiger partial charge in [-0.15, -0.1) is 0 Å². The van der Waals surface area contributed by atoms with Gasteiger partial charge in [-0.1, -0.05) is 30.4 Å². The molecule has 1 aromatic carbocycles. The van der Waals surface area contributed by atoms with Crippen LogP contribution in [0.25, 0.3) is 0 Å². The number of hydrogen-bond acceptors (Lipinski definition) is 2. The van der Waals surface area contributed by atoms with E-state index in [2.05, 4.69) is 6.08 Å². The van der Waals surface area contributed by atoms with Crippen molar-refractivity contribution in [2.75, 3.05) is 0 Å². The molecular weight excluding hydrogens is 188 g/mol. The van der Waals surface area contributed by atoms with Crippen LogP contribution in [0, 0.1) is 0 Å². The van der Waals surface area contributed by atoms with E-state index in [-0.39, 0.29) is 6.10 Å².